The van der Waals surface area contributed by atoms with Crippen molar-refractivity contribution in [2.45, 2.75) is 19.5 Å². The van der Waals surface area contributed by atoms with Crippen LogP contribution in [0.4, 0.5) is 0 Å². The Balaban J connectivity index is 1.90. The van der Waals surface area contributed by atoms with Gasteiger partial charge in [0.1, 0.15) is 5.76 Å². The summed E-state index contributed by atoms with van der Waals surface area (Å²) in [6.07, 6.45) is 5.04. The fourth-order valence-corrected chi connectivity index (χ4v) is 2.10. The fourth-order valence-electron chi connectivity index (χ4n) is 2.10. The molecular formula is C13H20N2O2. The molecule has 0 amide bonds. The zero-order chi connectivity index (χ0) is 12.1. The summed E-state index contributed by atoms with van der Waals surface area (Å²) in [5.41, 5.74) is 8.15. The van der Waals surface area contributed by atoms with Gasteiger partial charge in [0, 0.05) is 32.3 Å². The van der Waals surface area contributed by atoms with E-state index in [1.165, 1.54) is 5.57 Å². The van der Waals surface area contributed by atoms with Crippen molar-refractivity contribution in [3.63, 3.8) is 0 Å². The third-order valence-corrected chi connectivity index (χ3v) is 3.14. The predicted molar refractivity (Wildman–Crippen MR) is 66.5 cm³/mol. The largest absolute Gasteiger partial charge is 0.468 e. The van der Waals surface area contributed by atoms with E-state index in [0.717, 1.165) is 44.0 Å². The molecule has 1 aromatic heterocycles. The van der Waals surface area contributed by atoms with Crippen LogP contribution in [-0.2, 0) is 17.8 Å². The van der Waals surface area contributed by atoms with Gasteiger partial charge >= 0.3 is 0 Å². The number of furan rings is 1. The van der Waals surface area contributed by atoms with Crippen molar-refractivity contribution in [3.05, 3.63) is 35.3 Å². The number of methoxy groups -OCH3 is 1. The van der Waals surface area contributed by atoms with Gasteiger partial charge in [-0.3, -0.25) is 4.90 Å². The summed E-state index contributed by atoms with van der Waals surface area (Å²) in [7, 11) is 1.74. The Labute approximate surface area is 102 Å². The molecule has 2 heterocycles. The van der Waals surface area contributed by atoms with Crippen molar-refractivity contribution in [3.8, 4) is 0 Å². The first-order valence-electron chi connectivity index (χ1n) is 5.98. The van der Waals surface area contributed by atoms with Crippen LogP contribution in [0, 0.1) is 0 Å². The summed E-state index contributed by atoms with van der Waals surface area (Å²) in [6, 6.07) is 1.95. The van der Waals surface area contributed by atoms with Crippen LogP contribution in [0.5, 0.6) is 0 Å². The Morgan fingerprint density at radius 3 is 3.06 bits per heavy atom. The highest BCUT2D eigenvalue weighted by atomic mass is 16.5. The van der Waals surface area contributed by atoms with E-state index in [1.807, 2.05) is 6.07 Å². The summed E-state index contributed by atoms with van der Waals surface area (Å²) in [4.78, 5) is 2.36. The molecule has 2 N–H and O–H groups in total. The molecule has 0 radical (unpaired) electrons. The van der Waals surface area contributed by atoms with Gasteiger partial charge < -0.3 is 14.9 Å². The number of hydrogen-bond donors (Lipinski definition) is 1. The first kappa shape index (κ1) is 12.4. The van der Waals surface area contributed by atoms with Crippen LogP contribution >= 0.6 is 0 Å². The van der Waals surface area contributed by atoms with Crippen molar-refractivity contribution >= 4 is 0 Å². The molecule has 0 saturated heterocycles. The maximum atomic E-state index is 5.65. The summed E-state index contributed by atoms with van der Waals surface area (Å²) in [5, 5.41) is 0. The van der Waals surface area contributed by atoms with Crippen molar-refractivity contribution in [2.24, 2.45) is 5.73 Å². The molecule has 0 unspecified atom stereocenters. The van der Waals surface area contributed by atoms with Crippen molar-refractivity contribution < 1.29 is 9.15 Å². The minimum absolute atomic E-state index is 0.546. The molecular weight excluding hydrogens is 216 g/mol. The second-order valence-corrected chi connectivity index (χ2v) is 4.35. The molecule has 4 nitrogen and oxygen atoms in total. The monoisotopic (exact) mass is 236 g/mol. The summed E-state index contributed by atoms with van der Waals surface area (Å²) < 4.78 is 10.6. The number of ether oxygens (including phenoxy) is 1. The molecule has 0 spiro atoms. The summed E-state index contributed by atoms with van der Waals surface area (Å²) in [6.45, 7) is 4.16. The maximum absolute atomic E-state index is 5.65. The zero-order valence-electron chi connectivity index (χ0n) is 10.3. The Hall–Kier alpha value is -1.10. The van der Waals surface area contributed by atoms with Gasteiger partial charge in [0.2, 0.25) is 0 Å². The van der Waals surface area contributed by atoms with E-state index in [2.05, 4.69) is 11.0 Å². The van der Waals surface area contributed by atoms with Crippen molar-refractivity contribution in [2.75, 3.05) is 26.8 Å². The third kappa shape index (κ3) is 3.19. The molecule has 1 aliphatic heterocycles. The topological polar surface area (TPSA) is 51.6 Å². The fraction of sp³-hybridized carbons (Fsp3) is 0.538. The molecule has 0 fully saturated rings. The average molecular weight is 236 g/mol. The molecule has 2 rings (SSSR count). The van der Waals surface area contributed by atoms with Crippen molar-refractivity contribution in [1.29, 1.82) is 0 Å². The number of nitrogens with zero attached hydrogens (tertiary/aromatic N) is 1. The quantitative estimate of drug-likeness (QED) is 0.787. The number of rotatable bonds is 5. The lowest BCUT2D eigenvalue weighted by molar-refractivity contribution is 0.206. The molecule has 0 aromatic carbocycles. The second kappa shape index (κ2) is 6.00. The van der Waals surface area contributed by atoms with Crippen molar-refractivity contribution in [1.82, 2.24) is 4.90 Å². The van der Waals surface area contributed by atoms with E-state index in [0.29, 0.717) is 6.54 Å². The van der Waals surface area contributed by atoms with E-state index < -0.39 is 0 Å². The highest BCUT2D eigenvalue weighted by Crippen LogP contribution is 2.17. The van der Waals surface area contributed by atoms with Gasteiger partial charge in [0.15, 0.2) is 0 Å². The minimum Gasteiger partial charge on any atom is -0.468 e. The van der Waals surface area contributed by atoms with Gasteiger partial charge in [0.25, 0.3) is 0 Å². The molecule has 0 bridgehead atoms. The number of nitrogens with two attached hydrogens (primary N) is 1. The molecule has 1 aromatic rings. The van der Waals surface area contributed by atoms with E-state index in [1.54, 1.807) is 13.4 Å². The van der Waals surface area contributed by atoms with E-state index in [-0.39, 0.29) is 0 Å². The SMILES string of the molecule is COCC1=CCN(Cc2occc2CN)CC1. The lowest BCUT2D eigenvalue weighted by atomic mass is 10.1. The maximum Gasteiger partial charge on any atom is 0.122 e. The average Bonchev–Trinajstić information content (AvgIpc) is 2.79. The molecule has 0 aliphatic carbocycles. The first-order valence-corrected chi connectivity index (χ1v) is 5.98. The normalized spacial score (nSPS) is 17.2. The second-order valence-electron chi connectivity index (χ2n) is 4.35. The minimum atomic E-state index is 0.546. The number of hydrogen-bond acceptors (Lipinski definition) is 4. The van der Waals surface area contributed by atoms with Gasteiger partial charge in [-0.1, -0.05) is 6.08 Å². The van der Waals surface area contributed by atoms with Gasteiger partial charge in [0.05, 0.1) is 19.4 Å². The Morgan fingerprint density at radius 1 is 1.53 bits per heavy atom. The van der Waals surface area contributed by atoms with E-state index >= 15 is 0 Å². The highest BCUT2D eigenvalue weighted by molar-refractivity contribution is 5.17. The smallest absolute Gasteiger partial charge is 0.122 e. The van der Waals surface area contributed by atoms with Crippen LogP contribution < -0.4 is 5.73 Å². The Kier molecular flexibility index (Phi) is 4.36. The standard InChI is InChI=1S/C13H20N2O2/c1-16-10-11-2-5-15(6-3-11)9-13-12(8-14)4-7-17-13/h2,4,7H,3,5-6,8-10,14H2,1H3. The molecule has 1 aliphatic rings. The molecule has 4 heteroatoms. The van der Waals surface area contributed by atoms with E-state index in [9.17, 15) is 0 Å². The highest BCUT2D eigenvalue weighted by Gasteiger charge is 2.14. The van der Waals surface area contributed by atoms with Gasteiger partial charge in [-0.2, -0.15) is 0 Å². The zero-order valence-corrected chi connectivity index (χ0v) is 10.3. The molecule has 17 heavy (non-hydrogen) atoms. The third-order valence-electron chi connectivity index (χ3n) is 3.14. The van der Waals surface area contributed by atoms with E-state index in [4.69, 9.17) is 14.9 Å². The van der Waals surface area contributed by atoms with Crippen LogP contribution in [0.2, 0.25) is 0 Å². The van der Waals surface area contributed by atoms with Crippen LogP contribution in [0.25, 0.3) is 0 Å². The first-order chi connectivity index (χ1) is 8.33. The van der Waals surface area contributed by atoms with Crippen LogP contribution in [-0.4, -0.2) is 31.7 Å². The molecule has 94 valence electrons. The van der Waals surface area contributed by atoms with Gasteiger partial charge in [-0.25, -0.2) is 0 Å². The molecule has 0 atom stereocenters. The van der Waals surface area contributed by atoms with Gasteiger partial charge in [-0.15, -0.1) is 0 Å². The Morgan fingerprint density at radius 2 is 2.41 bits per heavy atom. The van der Waals surface area contributed by atoms with Crippen LogP contribution in [0.3, 0.4) is 0 Å². The van der Waals surface area contributed by atoms with Crippen LogP contribution in [0.1, 0.15) is 17.7 Å². The Bertz CT molecular complexity index is 385. The summed E-state index contributed by atoms with van der Waals surface area (Å²) in [5.74, 6) is 0.996. The summed E-state index contributed by atoms with van der Waals surface area (Å²) >= 11 is 0. The van der Waals surface area contributed by atoms with Gasteiger partial charge in [-0.05, 0) is 18.1 Å². The predicted octanol–water partition coefficient (Wildman–Crippen LogP) is 1.52. The van der Waals surface area contributed by atoms with Crippen LogP contribution in [0.15, 0.2) is 28.4 Å². The lowest BCUT2D eigenvalue weighted by Gasteiger charge is -2.25. The lowest BCUT2D eigenvalue weighted by Crippen LogP contribution is -2.29. The molecule has 0 saturated carbocycles.